The van der Waals surface area contributed by atoms with Crippen LogP contribution in [0.3, 0.4) is 0 Å². The van der Waals surface area contributed by atoms with Gasteiger partial charge in [0.1, 0.15) is 17.5 Å². The van der Waals surface area contributed by atoms with E-state index in [0.717, 1.165) is 22.2 Å². The van der Waals surface area contributed by atoms with Gasteiger partial charge in [0.25, 0.3) is 0 Å². The van der Waals surface area contributed by atoms with Crippen molar-refractivity contribution >= 4 is 11.0 Å². The number of nitrogens with zero attached hydrogens (tertiary/aromatic N) is 3. The van der Waals surface area contributed by atoms with Gasteiger partial charge in [-0.15, -0.1) is 0 Å². The third-order valence-electron chi connectivity index (χ3n) is 3.65. The lowest BCUT2D eigenvalue weighted by Crippen LogP contribution is -2.22. The van der Waals surface area contributed by atoms with E-state index >= 15 is 0 Å². The second kappa shape index (κ2) is 5.13. The molecule has 0 unspecified atom stereocenters. The van der Waals surface area contributed by atoms with Crippen LogP contribution in [0.4, 0.5) is 0 Å². The number of fused-ring (bicyclic) bond motifs is 1. The van der Waals surface area contributed by atoms with E-state index in [4.69, 9.17) is 5.41 Å². The summed E-state index contributed by atoms with van der Waals surface area (Å²) < 4.78 is 1.92. The second-order valence-corrected chi connectivity index (χ2v) is 5.33. The van der Waals surface area contributed by atoms with Crippen LogP contribution in [0.1, 0.15) is 18.1 Å². The number of hydrogen-bond donors (Lipinski definition) is 1. The van der Waals surface area contributed by atoms with Gasteiger partial charge in [0.15, 0.2) is 0 Å². The van der Waals surface area contributed by atoms with Gasteiger partial charge in [0, 0.05) is 23.7 Å². The molecule has 1 aromatic carbocycles. The summed E-state index contributed by atoms with van der Waals surface area (Å²) in [6, 6.07) is 8.40. The van der Waals surface area contributed by atoms with Crippen LogP contribution >= 0.6 is 0 Å². The SMILES string of the molecule is CCn1c(=N)c(-c2cc(C)cc(C)c2)cc2cncnc21. The largest absolute Gasteiger partial charge is 0.311 e. The summed E-state index contributed by atoms with van der Waals surface area (Å²) in [5.41, 5.74) is 5.71. The fourth-order valence-electron chi connectivity index (χ4n) is 2.79. The number of nitrogens with one attached hydrogen (secondary N) is 1. The Hall–Kier alpha value is -2.49. The van der Waals surface area contributed by atoms with Crippen molar-refractivity contribution in [2.45, 2.75) is 27.3 Å². The Bertz CT molecular complexity index is 857. The predicted octanol–water partition coefficient (Wildman–Crippen LogP) is 3.21. The fourth-order valence-corrected chi connectivity index (χ4v) is 2.79. The molecular formula is C17H18N4. The molecule has 21 heavy (non-hydrogen) atoms. The Morgan fingerprint density at radius 1 is 1.10 bits per heavy atom. The van der Waals surface area contributed by atoms with Crippen molar-refractivity contribution in [2.75, 3.05) is 0 Å². The summed E-state index contributed by atoms with van der Waals surface area (Å²) in [4.78, 5) is 8.42. The van der Waals surface area contributed by atoms with E-state index in [1.165, 1.54) is 17.5 Å². The number of benzene rings is 1. The van der Waals surface area contributed by atoms with Crippen molar-refractivity contribution in [3.8, 4) is 11.1 Å². The van der Waals surface area contributed by atoms with Crippen molar-refractivity contribution in [1.82, 2.24) is 14.5 Å². The highest BCUT2D eigenvalue weighted by molar-refractivity contribution is 5.80. The van der Waals surface area contributed by atoms with E-state index in [9.17, 15) is 0 Å². The molecule has 0 spiro atoms. The number of aryl methyl sites for hydroxylation is 3. The van der Waals surface area contributed by atoms with E-state index in [2.05, 4.69) is 42.0 Å². The van der Waals surface area contributed by atoms with Gasteiger partial charge in [0.2, 0.25) is 0 Å². The molecule has 0 aliphatic rings. The first-order valence-electron chi connectivity index (χ1n) is 7.07. The van der Waals surface area contributed by atoms with E-state index in [1.807, 2.05) is 17.6 Å². The minimum absolute atomic E-state index is 0.494. The van der Waals surface area contributed by atoms with Crippen molar-refractivity contribution in [3.63, 3.8) is 0 Å². The second-order valence-electron chi connectivity index (χ2n) is 5.33. The highest BCUT2D eigenvalue weighted by Gasteiger charge is 2.09. The highest BCUT2D eigenvalue weighted by Crippen LogP contribution is 2.22. The average molecular weight is 278 g/mol. The van der Waals surface area contributed by atoms with Gasteiger partial charge in [0.05, 0.1) is 0 Å². The van der Waals surface area contributed by atoms with Crippen LogP contribution in [0.15, 0.2) is 36.8 Å². The molecule has 0 fully saturated rings. The maximum absolute atomic E-state index is 8.51. The maximum Gasteiger partial charge on any atom is 0.144 e. The minimum atomic E-state index is 0.494. The molecular weight excluding hydrogens is 260 g/mol. The van der Waals surface area contributed by atoms with Gasteiger partial charge in [-0.1, -0.05) is 29.3 Å². The Morgan fingerprint density at radius 2 is 1.81 bits per heavy atom. The molecule has 4 nitrogen and oxygen atoms in total. The van der Waals surface area contributed by atoms with Crippen molar-refractivity contribution in [3.05, 3.63) is 53.4 Å². The standard InChI is InChI=1S/C17H18N4/c1-4-21-16(18)15(8-14-9-19-10-20-17(14)21)13-6-11(2)5-12(3)7-13/h5-10,18H,4H2,1-3H3. The molecule has 0 amide bonds. The Morgan fingerprint density at radius 3 is 2.48 bits per heavy atom. The summed E-state index contributed by atoms with van der Waals surface area (Å²) in [6.07, 6.45) is 3.34. The van der Waals surface area contributed by atoms with Crippen LogP contribution in [-0.2, 0) is 6.54 Å². The van der Waals surface area contributed by atoms with Crippen molar-refractivity contribution < 1.29 is 0 Å². The zero-order valence-corrected chi connectivity index (χ0v) is 12.5. The summed E-state index contributed by atoms with van der Waals surface area (Å²) in [5, 5.41) is 9.47. The van der Waals surface area contributed by atoms with Gasteiger partial charge in [-0.05, 0) is 32.4 Å². The van der Waals surface area contributed by atoms with Crippen molar-refractivity contribution in [2.24, 2.45) is 0 Å². The highest BCUT2D eigenvalue weighted by atomic mass is 15.1. The predicted molar refractivity (Wildman–Crippen MR) is 84.0 cm³/mol. The van der Waals surface area contributed by atoms with Gasteiger partial charge in [-0.3, -0.25) is 5.41 Å². The van der Waals surface area contributed by atoms with Crippen LogP contribution < -0.4 is 5.49 Å². The first-order chi connectivity index (χ1) is 10.1. The molecule has 0 saturated carbocycles. The fraction of sp³-hybridized carbons (Fsp3) is 0.235. The normalized spacial score (nSPS) is 11.0. The smallest absolute Gasteiger partial charge is 0.144 e. The molecule has 0 bridgehead atoms. The molecule has 2 heterocycles. The minimum Gasteiger partial charge on any atom is -0.311 e. The number of rotatable bonds is 2. The third-order valence-corrected chi connectivity index (χ3v) is 3.65. The third kappa shape index (κ3) is 2.33. The zero-order chi connectivity index (χ0) is 15.0. The number of hydrogen-bond acceptors (Lipinski definition) is 3. The van der Waals surface area contributed by atoms with Crippen LogP contribution in [0.25, 0.3) is 22.2 Å². The van der Waals surface area contributed by atoms with Gasteiger partial charge >= 0.3 is 0 Å². The Balaban J connectivity index is 2.37. The Labute approximate surface area is 123 Å². The van der Waals surface area contributed by atoms with E-state index in [0.29, 0.717) is 12.0 Å². The summed E-state index contributed by atoms with van der Waals surface area (Å²) >= 11 is 0. The molecule has 1 N–H and O–H groups in total. The summed E-state index contributed by atoms with van der Waals surface area (Å²) in [7, 11) is 0. The monoisotopic (exact) mass is 278 g/mol. The first-order valence-corrected chi connectivity index (χ1v) is 7.07. The lowest BCUT2D eigenvalue weighted by molar-refractivity contribution is 0.725. The molecule has 0 atom stereocenters. The Kier molecular flexibility index (Phi) is 3.29. The molecule has 3 rings (SSSR count). The molecule has 0 saturated heterocycles. The maximum atomic E-state index is 8.51. The number of aromatic nitrogens is 3. The summed E-state index contributed by atoms with van der Waals surface area (Å²) in [5.74, 6) is 0. The number of pyridine rings is 1. The average Bonchev–Trinajstić information content (AvgIpc) is 2.45. The molecule has 3 aromatic rings. The van der Waals surface area contributed by atoms with Gasteiger partial charge in [-0.2, -0.15) is 0 Å². The molecule has 106 valence electrons. The summed E-state index contributed by atoms with van der Waals surface area (Å²) in [6.45, 7) is 6.91. The van der Waals surface area contributed by atoms with Crippen LogP contribution in [0, 0.1) is 19.3 Å². The van der Waals surface area contributed by atoms with Crippen LogP contribution in [-0.4, -0.2) is 14.5 Å². The zero-order valence-electron chi connectivity index (χ0n) is 12.5. The van der Waals surface area contributed by atoms with Crippen molar-refractivity contribution in [1.29, 1.82) is 5.41 Å². The van der Waals surface area contributed by atoms with E-state index in [-0.39, 0.29) is 0 Å². The van der Waals surface area contributed by atoms with E-state index in [1.54, 1.807) is 6.20 Å². The van der Waals surface area contributed by atoms with Gasteiger partial charge < -0.3 is 4.57 Å². The molecule has 0 aliphatic heterocycles. The molecule has 4 heteroatoms. The molecule has 2 aromatic heterocycles. The van der Waals surface area contributed by atoms with Gasteiger partial charge in [-0.25, -0.2) is 9.97 Å². The lowest BCUT2D eigenvalue weighted by Gasteiger charge is -2.13. The van der Waals surface area contributed by atoms with E-state index < -0.39 is 0 Å². The lowest BCUT2D eigenvalue weighted by atomic mass is 10.0. The van der Waals surface area contributed by atoms with Crippen LogP contribution in [0.5, 0.6) is 0 Å². The molecule has 0 aliphatic carbocycles. The molecule has 0 radical (unpaired) electrons. The first kappa shape index (κ1) is 13.5. The van der Waals surface area contributed by atoms with Crippen LogP contribution in [0.2, 0.25) is 0 Å². The quantitative estimate of drug-likeness (QED) is 0.782. The topological polar surface area (TPSA) is 54.6 Å².